The van der Waals surface area contributed by atoms with Crippen LogP contribution in [0.2, 0.25) is 0 Å². The second-order valence-electron chi connectivity index (χ2n) is 4.19. The summed E-state index contributed by atoms with van der Waals surface area (Å²) in [4.78, 5) is 0. The first-order valence-corrected chi connectivity index (χ1v) is 6.53. The minimum absolute atomic E-state index is 0.498. The predicted octanol–water partition coefficient (Wildman–Crippen LogP) is 4.61. The van der Waals surface area contributed by atoms with Crippen LogP contribution in [-0.4, -0.2) is 12.5 Å². The first kappa shape index (κ1) is 11.4. The summed E-state index contributed by atoms with van der Waals surface area (Å²) in [6, 6.07) is 18.7. The maximum absolute atomic E-state index is 5.85. The van der Waals surface area contributed by atoms with Gasteiger partial charge in [-0.05, 0) is 16.8 Å². The minimum atomic E-state index is 0.498. The van der Waals surface area contributed by atoms with E-state index in [1.54, 1.807) is 0 Å². The zero-order valence-electron chi connectivity index (χ0n) is 9.90. The van der Waals surface area contributed by atoms with Crippen molar-refractivity contribution >= 4 is 33.1 Å². The summed E-state index contributed by atoms with van der Waals surface area (Å²) in [7, 11) is 0. The van der Waals surface area contributed by atoms with Crippen molar-refractivity contribution in [2.24, 2.45) is 0 Å². The van der Waals surface area contributed by atoms with E-state index in [2.05, 4.69) is 30.3 Å². The van der Waals surface area contributed by atoms with E-state index >= 15 is 0 Å². The molecule has 90 valence electrons. The van der Waals surface area contributed by atoms with Crippen molar-refractivity contribution in [2.45, 2.75) is 0 Å². The molecule has 0 N–H and O–H groups in total. The second-order valence-corrected chi connectivity index (χ2v) is 4.56. The van der Waals surface area contributed by atoms with Gasteiger partial charge in [0.05, 0.1) is 5.88 Å². The molecule has 1 nitrogen and oxygen atoms in total. The third kappa shape index (κ3) is 1.91. The predicted molar refractivity (Wildman–Crippen MR) is 77.7 cm³/mol. The number of rotatable bonds is 3. The first-order chi connectivity index (χ1) is 8.90. The molecule has 0 spiro atoms. The summed E-state index contributed by atoms with van der Waals surface area (Å²) in [5.74, 6) is 1.43. The van der Waals surface area contributed by atoms with Crippen molar-refractivity contribution in [3.05, 3.63) is 54.6 Å². The molecule has 18 heavy (non-hydrogen) atoms. The van der Waals surface area contributed by atoms with Crippen LogP contribution in [0.1, 0.15) is 0 Å². The Morgan fingerprint density at radius 1 is 0.833 bits per heavy atom. The smallest absolute Gasteiger partial charge is 0.134 e. The van der Waals surface area contributed by atoms with Crippen molar-refractivity contribution in [1.82, 2.24) is 0 Å². The molecule has 0 saturated heterocycles. The topological polar surface area (TPSA) is 9.23 Å². The lowest BCUT2D eigenvalue weighted by Crippen LogP contribution is -1.99. The first-order valence-electron chi connectivity index (χ1n) is 5.99. The highest BCUT2D eigenvalue weighted by Crippen LogP contribution is 2.34. The van der Waals surface area contributed by atoms with Crippen molar-refractivity contribution in [2.75, 3.05) is 12.5 Å². The Kier molecular flexibility index (Phi) is 3.07. The van der Waals surface area contributed by atoms with Gasteiger partial charge in [0.15, 0.2) is 0 Å². The minimum Gasteiger partial charge on any atom is -0.491 e. The van der Waals surface area contributed by atoms with Crippen LogP contribution in [0.15, 0.2) is 54.6 Å². The van der Waals surface area contributed by atoms with E-state index in [0.29, 0.717) is 12.5 Å². The fourth-order valence-corrected chi connectivity index (χ4v) is 2.35. The van der Waals surface area contributed by atoms with Gasteiger partial charge in [-0.3, -0.25) is 0 Å². The van der Waals surface area contributed by atoms with Gasteiger partial charge in [0.25, 0.3) is 0 Å². The highest BCUT2D eigenvalue weighted by atomic mass is 35.5. The standard InChI is InChI=1S/C16H13ClO/c17-9-10-18-16-14-7-3-1-5-12(14)11-13-6-2-4-8-15(13)16/h1-8,11H,9-10H2. The fourth-order valence-electron chi connectivity index (χ4n) is 2.27. The zero-order chi connectivity index (χ0) is 12.4. The lowest BCUT2D eigenvalue weighted by molar-refractivity contribution is 0.351. The molecule has 0 unspecified atom stereocenters. The summed E-state index contributed by atoms with van der Waals surface area (Å²) in [6.45, 7) is 0.527. The molecule has 0 saturated carbocycles. The number of benzene rings is 3. The van der Waals surface area contributed by atoms with E-state index in [9.17, 15) is 0 Å². The SMILES string of the molecule is ClCCOc1c2ccccc2cc2ccccc12. The molecule has 0 aliphatic carbocycles. The lowest BCUT2D eigenvalue weighted by Gasteiger charge is -2.12. The maximum atomic E-state index is 5.85. The van der Waals surface area contributed by atoms with Gasteiger partial charge in [0.1, 0.15) is 12.4 Å². The molecule has 0 aromatic heterocycles. The maximum Gasteiger partial charge on any atom is 0.134 e. The number of alkyl halides is 1. The molecule has 0 fully saturated rings. The Morgan fingerprint density at radius 3 is 1.94 bits per heavy atom. The average Bonchev–Trinajstić information content (AvgIpc) is 2.43. The molecule has 3 aromatic rings. The molecule has 0 radical (unpaired) electrons. The van der Waals surface area contributed by atoms with Gasteiger partial charge in [0.2, 0.25) is 0 Å². The van der Waals surface area contributed by atoms with Crippen LogP contribution in [0.5, 0.6) is 5.75 Å². The summed E-state index contributed by atoms with van der Waals surface area (Å²) < 4.78 is 5.85. The average molecular weight is 257 g/mol. The Bertz CT molecular complexity index is 637. The van der Waals surface area contributed by atoms with E-state index in [4.69, 9.17) is 16.3 Å². The molecule has 0 aliphatic heterocycles. The molecule has 0 heterocycles. The summed E-state index contributed by atoms with van der Waals surface area (Å²) >= 11 is 5.73. The molecule has 0 bridgehead atoms. The van der Waals surface area contributed by atoms with Gasteiger partial charge in [0, 0.05) is 10.8 Å². The van der Waals surface area contributed by atoms with Crippen molar-refractivity contribution in [3.63, 3.8) is 0 Å². The third-order valence-electron chi connectivity index (χ3n) is 3.05. The van der Waals surface area contributed by atoms with Crippen molar-refractivity contribution in [3.8, 4) is 5.75 Å². The van der Waals surface area contributed by atoms with Crippen LogP contribution in [0.4, 0.5) is 0 Å². The molecule has 3 aromatic carbocycles. The van der Waals surface area contributed by atoms with Crippen LogP contribution in [0, 0.1) is 0 Å². The number of hydrogen-bond acceptors (Lipinski definition) is 1. The van der Waals surface area contributed by atoms with E-state index in [1.807, 2.05) is 24.3 Å². The van der Waals surface area contributed by atoms with E-state index < -0.39 is 0 Å². The second kappa shape index (κ2) is 4.87. The summed E-state index contributed by atoms with van der Waals surface area (Å²) in [6.07, 6.45) is 0. The van der Waals surface area contributed by atoms with Crippen LogP contribution < -0.4 is 4.74 Å². The molecule has 0 amide bonds. The van der Waals surface area contributed by atoms with E-state index in [0.717, 1.165) is 16.5 Å². The van der Waals surface area contributed by atoms with Gasteiger partial charge in [-0.2, -0.15) is 0 Å². The Hall–Kier alpha value is -1.73. The fraction of sp³-hybridized carbons (Fsp3) is 0.125. The van der Waals surface area contributed by atoms with Gasteiger partial charge < -0.3 is 4.74 Å². The van der Waals surface area contributed by atoms with E-state index in [1.165, 1.54) is 10.8 Å². The monoisotopic (exact) mass is 256 g/mol. The number of fused-ring (bicyclic) bond motifs is 2. The molecular formula is C16H13ClO. The molecule has 2 heteroatoms. The van der Waals surface area contributed by atoms with Crippen molar-refractivity contribution < 1.29 is 4.74 Å². The van der Waals surface area contributed by atoms with E-state index in [-0.39, 0.29) is 0 Å². The van der Waals surface area contributed by atoms with Crippen molar-refractivity contribution in [1.29, 1.82) is 0 Å². The highest BCUT2D eigenvalue weighted by molar-refractivity contribution is 6.18. The van der Waals surface area contributed by atoms with Gasteiger partial charge in [-0.1, -0.05) is 48.5 Å². The largest absolute Gasteiger partial charge is 0.491 e. The van der Waals surface area contributed by atoms with Crippen LogP contribution >= 0.6 is 11.6 Å². The Balaban J connectivity index is 2.34. The summed E-state index contributed by atoms with van der Waals surface area (Å²) in [5.41, 5.74) is 0. The molecule has 0 atom stereocenters. The zero-order valence-corrected chi connectivity index (χ0v) is 10.7. The quantitative estimate of drug-likeness (QED) is 0.491. The Morgan fingerprint density at radius 2 is 1.39 bits per heavy atom. The van der Waals surface area contributed by atoms with Gasteiger partial charge in [-0.25, -0.2) is 0 Å². The third-order valence-corrected chi connectivity index (χ3v) is 3.20. The summed E-state index contributed by atoms with van der Waals surface area (Å²) in [5, 5.41) is 4.67. The Labute approximate surface area is 111 Å². The molecular weight excluding hydrogens is 244 g/mol. The normalized spacial score (nSPS) is 10.9. The van der Waals surface area contributed by atoms with Crippen LogP contribution in [0.25, 0.3) is 21.5 Å². The van der Waals surface area contributed by atoms with Gasteiger partial charge >= 0.3 is 0 Å². The van der Waals surface area contributed by atoms with Crippen LogP contribution in [-0.2, 0) is 0 Å². The molecule has 0 aliphatic rings. The van der Waals surface area contributed by atoms with Gasteiger partial charge in [-0.15, -0.1) is 11.6 Å². The van der Waals surface area contributed by atoms with Crippen LogP contribution in [0.3, 0.4) is 0 Å². The number of halogens is 1. The number of ether oxygens (including phenoxy) is 1. The number of hydrogen-bond donors (Lipinski definition) is 0. The molecule has 3 rings (SSSR count). The highest BCUT2D eigenvalue weighted by Gasteiger charge is 2.07. The lowest BCUT2D eigenvalue weighted by atomic mass is 10.0.